The molecule has 1 atom stereocenters. The molecular formula is C10H18O2. The molecule has 0 radical (unpaired) electrons. The third kappa shape index (κ3) is 1.95. The first-order valence-electron chi connectivity index (χ1n) is 4.13. The Hall–Kier alpha value is -0.630. The van der Waals surface area contributed by atoms with Crippen LogP contribution < -0.4 is 0 Å². The summed E-state index contributed by atoms with van der Waals surface area (Å²) in [5, 5.41) is 9.85. The van der Waals surface area contributed by atoms with E-state index in [1.165, 1.54) is 6.92 Å². The van der Waals surface area contributed by atoms with Crippen molar-refractivity contribution in [1.29, 1.82) is 0 Å². The Bertz CT molecular complexity index is 200. The number of aliphatic hydroxyl groups is 1. The average molecular weight is 170 g/mol. The minimum Gasteiger partial charge on any atom is -0.381 e. The second-order valence-corrected chi connectivity index (χ2v) is 3.85. The van der Waals surface area contributed by atoms with Gasteiger partial charge in [0.2, 0.25) is 0 Å². The summed E-state index contributed by atoms with van der Waals surface area (Å²) in [5.74, 6) is -0.203. The summed E-state index contributed by atoms with van der Waals surface area (Å²) >= 11 is 0. The molecule has 0 fully saturated rings. The normalized spacial score (nSPS) is 17.8. The van der Waals surface area contributed by atoms with Gasteiger partial charge in [-0.2, -0.15) is 0 Å². The van der Waals surface area contributed by atoms with E-state index in [4.69, 9.17) is 0 Å². The highest BCUT2D eigenvalue weighted by Crippen LogP contribution is 2.32. The molecule has 0 aromatic heterocycles. The van der Waals surface area contributed by atoms with Gasteiger partial charge in [-0.1, -0.05) is 26.0 Å². The Morgan fingerprint density at radius 1 is 1.33 bits per heavy atom. The molecular weight excluding hydrogens is 152 g/mol. The predicted octanol–water partition coefficient (Wildman–Crippen LogP) is 1.93. The van der Waals surface area contributed by atoms with Crippen LogP contribution in [0, 0.1) is 5.41 Å². The summed E-state index contributed by atoms with van der Waals surface area (Å²) in [6.45, 7) is 8.52. The van der Waals surface area contributed by atoms with Gasteiger partial charge in [0, 0.05) is 5.41 Å². The summed E-state index contributed by atoms with van der Waals surface area (Å²) in [4.78, 5) is 11.1. The van der Waals surface area contributed by atoms with Crippen molar-refractivity contribution < 1.29 is 9.90 Å². The first kappa shape index (κ1) is 11.4. The molecule has 0 aromatic rings. The number of ketones is 1. The van der Waals surface area contributed by atoms with E-state index >= 15 is 0 Å². The molecule has 0 aliphatic rings. The van der Waals surface area contributed by atoms with Gasteiger partial charge in [0.1, 0.15) is 5.60 Å². The lowest BCUT2D eigenvalue weighted by molar-refractivity contribution is -0.141. The van der Waals surface area contributed by atoms with E-state index < -0.39 is 11.0 Å². The van der Waals surface area contributed by atoms with E-state index in [9.17, 15) is 9.90 Å². The molecule has 1 N–H and O–H groups in total. The fourth-order valence-corrected chi connectivity index (χ4v) is 1.03. The summed E-state index contributed by atoms with van der Waals surface area (Å²) in [7, 11) is 0. The van der Waals surface area contributed by atoms with Gasteiger partial charge in [-0.3, -0.25) is 4.79 Å². The van der Waals surface area contributed by atoms with Crippen LogP contribution in [0.3, 0.4) is 0 Å². The Balaban J connectivity index is 4.87. The maximum atomic E-state index is 11.1. The zero-order chi connectivity index (χ0) is 9.99. The van der Waals surface area contributed by atoms with Crippen LogP contribution >= 0.6 is 0 Å². The molecule has 0 rings (SSSR count). The fourth-order valence-electron chi connectivity index (χ4n) is 1.03. The van der Waals surface area contributed by atoms with Crippen molar-refractivity contribution in [2.24, 2.45) is 5.41 Å². The molecule has 12 heavy (non-hydrogen) atoms. The van der Waals surface area contributed by atoms with Gasteiger partial charge in [0.05, 0.1) is 0 Å². The lowest BCUT2D eigenvalue weighted by Crippen LogP contribution is -2.46. The fraction of sp³-hybridized carbons (Fsp3) is 0.700. The number of allylic oxidation sites excluding steroid dienone is 1. The van der Waals surface area contributed by atoms with Crippen molar-refractivity contribution in [3.63, 3.8) is 0 Å². The maximum Gasteiger partial charge on any atom is 0.161 e. The molecule has 0 unspecified atom stereocenters. The molecule has 70 valence electrons. The first-order valence-corrected chi connectivity index (χ1v) is 4.13. The lowest BCUT2D eigenvalue weighted by atomic mass is 9.73. The van der Waals surface area contributed by atoms with Crippen LogP contribution in [-0.2, 0) is 4.79 Å². The number of Topliss-reactive ketones (excluding diaryl/α,β-unsaturated/α-hetero) is 1. The molecule has 0 spiro atoms. The second kappa shape index (κ2) is 3.40. The maximum absolute atomic E-state index is 11.1. The van der Waals surface area contributed by atoms with E-state index in [2.05, 4.69) is 0 Å². The molecule has 0 saturated carbocycles. The third-order valence-corrected chi connectivity index (χ3v) is 2.52. The SMILES string of the molecule is C/C=C/C(C)(C)[C@@](C)(O)C(C)=O. The highest BCUT2D eigenvalue weighted by Gasteiger charge is 2.41. The van der Waals surface area contributed by atoms with E-state index in [1.807, 2.05) is 32.9 Å². The minimum absolute atomic E-state index is 0.203. The molecule has 0 heterocycles. The van der Waals surface area contributed by atoms with Gasteiger partial charge in [0.25, 0.3) is 0 Å². The monoisotopic (exact) mass is 170 g/mol. The standard InChI is InChI=1S/C10H18O2/c1-6-7-9(3,4)10(5,12)8(2)11/h6-7,12H,1-5H3/b7-6+/t10-/m0/s1. The van der Waals surface area contributed by atoms with Crippen LogP contribution in [0.4, 0.5) is 0 Å². The molecule has 0 bridgehead atoms. The minimum atomic E-state index is -1.28. The van der Waals surface area contributed by atoms with Crippen LogP contribution in [0.25, 0.3) is 0 Å². The Morgan fingerprint density at radius 3 is 2.00 bits per heavy atom. The van der Waals surface area contributed by atoms with Gasteiger partial charge in [-0.05, 0) is 20.8 Å². The van der Waals surface area contributed by atoms with Crippen molar-refractivity contribution in [2.45, 2.75) is 40.2 Å². The lowest BCUT2D eigenvalue weighted by Gasteiger charge is -2.35. The number of hydrogen-bond donors (Lipinski definition) is 1. The van der Waals surface area contributed by atoms with Crippen LogP contribution in [0.5, 0.6) is 0 Å². The van der Waals surface area contributed by atoms with Gasteiger partial charge in [0.15, 0.2) is 5.78 Å². The van der Waals surface area contributed by atoms with Crippen molar-refractivity contribution >= 4 is 5.78 Å². The number of carbonyl (C=O) groups is 1. The van der Waals surface area contributed by atoms with Gasteiger partial charge < -0.3 is 5.11 Å². The highest BCUT2D eigenvalue weighted by atomic mass is 16.3. The third-order valence-electron chi connectivity index (χ3n) is 2.52. The molecule has 0 aliphatic heterocycles. The topological polar surface area (TPSA) is 37.3 Å². The van der Waals surface area contributed by atoms with E-state index in [0.29, 0.717) is 0 Å². The van der Waals surface area contributed by atoms with Gasteiger partial charge in [-0.25, -0.2) is 0 Å². The quantitative estimate of drug-likeness (QED) is 0.657. The smallest absolute Gasteiger partial charge is 0.161 e. The zero-order valence-corrected chi connectivity index (χ0v) is 8.51. The molecule has 0 aromatic carbocycles. The van der Waals surface area contributed by atoms with Crippen LogP contribution in [0.15, 0.2) is 12.2 Å². The number of rotatable bonds is 3. The average Bonchev–Trinajstić information content (AvgIpc) is 1.86. The Kier molecular flexibility index (Phi) is 3.22. The van der Waals surface area contributed by atoms with Gasteiger partial charge >= 0.3 is 0 Å². The van der Waals surface area contributed by atoms with E-state index in [0.717, 1.165) is 0 Å². The van der Waals surface area contributed by atoms with E-state index in [-0.39, 0.29) is 5.78 Å². The highest BCUT2D eigenvalue weighted by molar-refractivity contribution is 5.85. The molecule has 2 nitrogen and oxygen atoms in total. The van der Waals surface area contributed by atoms with Crippen LogP contribution in [-0.4, -0.2) is 16.5 Å². The molecule has 0 saturated heterocycles. The second-order valence-electron chi connectivity index (χ2n) is 3.85. The summed E-state index contributed by atoms with van der Waals surface area (Å²) in [6, 6.07) is 0. The largest absolute Gasteiger partial charge is 0.381 e. The molecule has 2 heteroatoms. The summed E-state index contributed by atoms with van der Waals surface area (Å²) in [5.41, 5.74) is -1.78. The number of hydrogen-bond acceptors (Lipinski definition) is 2. The van der Waals surface area contributed by atoms with Crippen LogP contribution in [0.1, 0.15) is 34.6 Å². The van der Waals surface area contributed by atoms with Gasteiger partial charge in [-0.15, -0.1) is 0 Å². The van der Waals surface area contributed by atoms with Crippen molar-refractivity contribution in [3.05, 3.63) is 12.2 Å². The van der Waals surface area contributed by atoms with Crippen molar-refractivity contribution in [3.8, 4) is 0 Å². The predicted molar refractivity (Wildman–Crippen MR) is 49.9 cm³/mol. The van der Waals surface area contributed by atoms with Crippen molar-refractivity contribution in [2.75, 3.05) is 0 Å². The number of carbonyl (C=O) groups excluding carboxylic acids is 1. The summed E-state index contributed by atoms with van der Waals surface area (Å²) in [6.07, 6.45) is 3.69. The Labute approximate surface area is 74.3 Å². The molecule has 0 aliphatic carbocycles. The first-order chi connectivity index (χ1) is 5.25. The van der Waals surface area contributed by atoms with E-state index in [1.54, 1.807) is 6.92 Å². The zero-order valence-electron chi connectivity index (χ0n) is 8.51. The molecule has 0 amide bonds. The summed E-state index contributed by atoms with van der Waals surface area (Å²) < 4.78 is 0. The van der Waals surface area contributed by atoms with Crippen LogP contribution in [0.2, 0.25) is 0 Å². The Morgan fingerprint density at radius 2 is 1.75 bits per heavy atom. The van der Waals surface area contributed by atoms with Crippen molar-refractivity contribution in [1.82, 2.24) is 0 Å².